The third-order valence-corrected chi connectivity index (χ3v) is 5.95. The van der Waals surface area contributed by atoms with E-state index in [4.69, 9.17) is 0 Å². The van der Waals surface area contributed by atoms with Crippen LogP contribution in [0, 0.1) is 12.8 Å². The highest BCUT2D eigenvalue weighted by Gasteiger charge is 2.28. The molecule has 120 valence electrons. The van der Waals surface area contributed by atoms with Gasteiger partial charge in [0.05, 0.1) is 17.2 Å². The number of aryl methyl sites for hydroxylation is 1. The summed E-state index contributed by atoms with van der Waals surface area (Å²) < 4.78 is 28.9. The van der Waals surface area contributed by atoms with Crippen molar-refractivity contribution in [2.45, 2.75) is 33.2 Å². The molecule has 2 rings (SSSR count). The second-order valence-electron chi connectivity index (χ2n) is 5.36. The van der Waals surface area contributed by atoms with E-state index in [1.54, 1.807) is 4.31 Å². The van der Waals surface area contributed by atoms with E-state index in [1.165, 1.54) is 11.3 Å². The van der Waals surface area contributed by atoms with Crippen LogP contribution in [0.3, 0.4) is 0 Å². The molecule has 1 aromatic heterocycles. The van der Waals surface area contributed by atoms with Crippen LogP contribution in [0.4, 0.5) is 0 Å². The van der Waals surface area contributed by atoms with Crippen LogP contribution < -0.4 is 10.0 Å². The van der Waals surface area contributed by atoms with Gasteiger partial charge in [-0.25, -0.2) is 4.98 Å². The van der Waals surface area contributed by atoms with Crippen molar-refractivity contribution < 1.29 is 8.42 Å². The number of nitrogens with zero attached hydrogens (tertiary/aromatic N) is 2. The molecule has 1 aliphatic rings. The Morgan fingerprint density at radius 1 is 1.52 bits per heavy atom. The van der Waals surface area contributed by atoms with Gasteiger partial charge in [-0.15, -0.1) is 11.3 Å². The van der Waals surface area contributed by atoms with Crippen molar-refractivity contribution in [2.24, 2.45) is 5.92 Å². The molecule has 1 fully saturated rings. The first-order chi connectivity index (χ1) is 10.0. The van der Waals surface area contributed by atoms with E-state index in [2.05, 4.69) is 21.9 Å². The molecule has 2 heterocycles. The maximum Gasteiger partial charge on any atom is 0.279 e. The molecular weight excluding hydrogens is 308 g/mol. The van der Waals surface area contributed by atoms with E-state index < -0.39 is 10.2 Å². The Balaban J connectivity index is 1.89. The first-order valence-corrected chi connectivity index (χ1v) is 9.69. The Hall–Kier alpha value is -0.540. The van der Waals surface area contributed by atoms with Gasteiger partial charge in [0.15, 0.2) is 0 Å². The number of hydrogen-bond acceptors (Lipinski definition) is 5. The van der Waals surface area contributed by atoms with E-state index in [0.717, 1.165) is 36.6 Å². The van der Waals surface area contributed by atoms with Crippen LogP contribution in [-0.4, -0.2) is 43.9 Å². The molecule has 1 aromatic rings. The molecule has 2 N–H and O–H groups in total. The summed E-state index contributed by atoms with van der Waals surface area (Å²) in [6.45, 7) is 7.25. The number of piperidine rings is 1. The van der Waals surface area contributed by atoms with Crippen molar-refractivity contribution in [3.8, 4) is 0 Å². The fourth-order valence-electron chi connectivity index (χ4n) is 2.51. The average Bonchev–Trinajstić information content (AvgIpc) is 2.89. The van der Waals surface area contributed by atoms with Crippen LogP contribution in [0.2, 0.25) is 0 Å². The summed E-state index contributed by atoms with van der Waals surface area (Å²) in [6.07, 6.45) is 2.01. The first kappa shape index (κ1) is 16.8. The van der Waals surface area contributed by atoms with Crippen LogP contribution in [-0.2, 0) is 16.8 Å². The Labute approximate surface area is 131 Å². The zero-order valence-electron chi connectivity index (χ0n) is 12.6. The van der Waals surface area contributed by atoms with Crippen LogP contribution in [0.5, 0.6) is 0 Å². The Morgan fingerprint density at radius 2 is 2.33 bits per heavy atom. The monoisotopic (exact) mass is 332 g/mol. The van der Waals surface area contributed by atoms with Gasteiger partial charge in [-0.05, 0) is 38.8 Å². The standard InChI is InChI=1S/C13H24N4O2S2/c1-3-14-7-12-5-4-6-17(9-12)21(18,19)15-8-13-10-20-11(2)16-13/h10,12,14-15H,3-9H2,1-2H3. The maximum atomic E-state index is 12.4. The highest BCUT2D eigenvalue weighted by atomic mass is 32.2. The van der Waals surface area contributed by atoms with E-state index in [1.807, 2.05) is 12.3 Å². The Morgan fingerprint density at radius 3 is 3.00 bits per heavy atom. The van der Waals surface area contributed by atoms with Crippen molar-refractivity contribution >= 4 is 21.5 Å². The SMILES string of the molecule is CCNCC1CCCN(S(=O)(=O)NCc2csc(C)n2)C1. The Kier molecular flexibility index (Phi) is 6.12. The molecule has 0 saturated carbocycles. The first-order valence-electron chi connectivity index (χ1n) is 7.37. The summed E-state index contributed by atoms with van der Waals surface area (Å²) in [5.41, 5.74) is 0.780. The van der Waals surface area contributed by atoms with Gasteiger partial charge in [0.2, 0.25) is 0 Å². The lowest BCUT2D eigenvalue weighted by Crippen LogP contribution is -2.47. The van der Waals surface area contributed by atoms with Crippen LogP contribution in [0.15, 0.2) is 5.38 Å². The quantitative estimate of drug-likeness (QED) is 0.784. The topological polar surface area (TPSA) is 74.3 Å². The van der Waals surface area contributed by atoms with Gasteiger partial charge in [-0.2, -0.15) is 17.4 Å². The molecule has 21 heavy (non-hydrogen) atoms. The lowest BCUT2D eigenvalue weighted by Gasteiger charge is -2.31. The molecular formula is C13H24N4O2S2. The second-order valence-corrected chi connectivity index (χ2v) is 8.18. The highest BCUT2D eigenvalue weighted by Crippen LogP contribution is 2.18. The average molecular weight is 332 g/mol. The van der Waals surface area contributed by atoms with Crippen LogP contribution in [0.25, 0.3) is 0 Å². The smallest absolute Gasteiger partial charge is 0.279 e. The van der Waals surface area contributed by atoms with E-state index >= 15 is 0 Å². The molecule has 1 aliphatic heterocycles. The highest BCUT2D eigenvalue weighted by molar-refractivity contribution is 7.87. The van der Waals surface area contributed by atoms with Crippen LogP contribution in [0.1, 0.15) is 30.5 Å². The molecule has 0 aliphatic carbocycles. The summed E-state index contributed by atoms with van der Waals surface area (Å²) in [7, 11) is -3.41. The summed E-state index contributed by atoms with van der Waals surface area (Å²) in [4.78, 5) is 4.28. The van der Waals surface area contributed by atoms with Gasteiger partial charge in [-0.3, -0.25) is 0 Å². The van der Waals surface area contributed by atoms with Crippen molar-refractivity contribution in [3.63, 3.8) is 0 Å². The molecule has 0 spiro atoms. The van der Waals surface area contributed by atoms with E-state index in [0.29, 0.717) is 19.0 Å². The molecule has 1 saturated heterocycles. The predicted molar refractivity (Wildman–Crippen MR) is 85.5 cm³/mol. The summed E-state index contributed by atoms with van der Waals surface area (Å²) >= 11 is 1.53. The molecule has 6 nitrogen and oxygen atoms in total. The number of aromatic nitrogens is 1. The minimum Gasteiger partial charge on any atom is -0.317 e. The molecule has 8 heteroatoms. The fraction of sp³-hybridized carbons (Fsp3) is 0.769. The van der Waals surface area contributed by atoms with E-state index in [-0.39, 0.29) is 6.54 Å². The number of hydrogen-bond donors (Lipinski definition) is 2. The van der Waals surface area contributed by atoms with Crippen molar-refractivity contribution in [3.05, 3.63) is 16.1 Å². The van der Waals surface area contributed by atoms with Gasteiger partial charge in [-0.1, -0.05) is 6.92 Å². The number of rotatable bonds is 7. The van der Waals surface area contributed by atoms with Crippen molar-refractivity contribution in [1.82, 2.24) is 19.3 Å². The molecule has 0 bridgehead atoms. The minimum atomic E-state index is -3.41. The predicted octanol–water partition coefficient (Wildman–Crippen LogP) is 1.11. The molecule has 1 atom stereocenters. The zero-order chi connectivity index (χ0) is 15.3. The molecule has 1 unspecified atom stereocenters. The summed E-state index contributed by atoms with van der Waals surface area (Å²) in [5.74, 6) is 0.400. The summed E-state index contributed by atoms with van der Waals surface area (Å²) in [5, 5.41) is 6.14. The van der Waals surface area contributed by atoms with Gasteiger partial charge in [0.1, 0.15) is 0 Å². The second kappa shape index (κ2) is 7.64. The van der Waals surface area contributed by atoms with Crippen LogP contribution >= 0.6 is 11.3 Å². The number of thiazole rings is 1. The zero-order valence-corrected chi connectivity index (χ0v) is 14.3. The molecule has 0 radical (unpaired) electrons. The molecule has 0 amide bonds. The normalized spacial score (nSPS) is 20.8. The lowest BCUT2D eigenvalue weighted by molar-refractivity contribution is 0.258. The fourth-order valence-corrected chi connectivity index (χ4v) is 4.41. The largest absolute Gasteiger partial charge is 0.317 e. The van der Waals surface area contributed by atoms with Crippen molar-refractivity contribution in [2.75, 3.05) is 26.2 Å². The van der Waals surface area contributed by atoms with Gasteiger partial charge in [0.25, 0.3) is 10.2 Å². The van der Waals surface area contributed by atoms with Gasteiger partial charge >= 0.3 is 0 Å². The molecule has 0 aromatic carbocycles. The van der Waals surface area contributed by atoms with Crippen molar-refractivity contribution in [1.29, 1.82) is 0 Å². The lowest BCUT2D eigenvalue weighted by atomic mass is 10.00. The third-order valence-electron chi connectivity index (χ3n) is 3.61. The van der Waals surface area contributed by atoms with Gasteiger partial charge < -0.3 is 5.32 Å². The number of nitrogens with one attached hydrogen (secondary N) is 2. The van der Waals surface area contributed by atoms with Gasteiger partial charge in [0, 0.05) is 18.5 Å². The summed E-state index contributed by atoms with van der Waals surface area (Å²) in [6, 6.07) is 0. The van der Waals surface area contributed by atoms with E-state index in [9.17, 15) is 8.42 Å². The maximum absolute atomic E-state index is 12.4. The third kappa shape index (κ3) is 5.00. The minimum absolute atomic E-state index is 0.265. The Bertz CT molecular complexity index is 544.